The van der Waals surface area contributed by atoms with Gasteiger partial charge in [0.2, 0.25) is 0 Å². The molecule has 0 bridgehead atoms. The lowest BCUT2D eigenvalue weighted by Crippen LogP contribution is -2.55. The summed E-state index contributed by atoms with van der Waals surface area (Å²) in [7, 11) is -3.37. The molecule has 1 aliphatic heterocycles. The van der Waals surface area contributed by atoms with Gasteiger partial charge in [0.05, 0.1) is 0 Å². The summed E-state index contributed by atoms with van der Waals surface area (Å²) in [5.41, 5.74) is 5.17. The molecule has 0 aromatic rings. The van der Waals surface area contributed by atoms with Crippen molar-refractivity contribution in [1.82, 2.24) is 13.9 Å². The van der Waals surface area contributed by atoms with Gasteiger partial charge in [-0.1, -0.05) is 6.92 Å². The zero-order chi connectivity index (χ0) is 14.7. The van der Waals surface area contributed by atoms with E-state index in [1.54, 1.807) is 0 Å². The van der Waals surface area contributed by atoms with Crippen LogP contribution in [0.3, 0.4) is 0 Å². The number of hydrogen-bond donors (Lipinski definition) is 2. The number of nitrogens with zero attached hydrogens (tertiary/aromatic N) is 2. The van der Waals surface area contributed by atoms with Gasteiger partial charge in [-0.05, 0) is 33.2 Å². The summed E-state index contributed by atoms with van der Waals surface area (Å²) < 4.78 is 28.5. The van der Waals surface area contributed by atoms with Gasteiger partial charge in [-0.25, -0.2) is 0 Å². The van der Waals surface area contributed by atoms with Crippen LogP contribution in [0.25, 0.3) is 0 Å². The van der Waals surface area contributed by atoms with Gasteiger partial charge in [0.15, 0.2) is 0 Å². The number of rotatable bonds is 5. The van der Waals surface area contributed by atoms with Gasteiger partial charge < -0.3 is 10.6 Å². The quantitative estimate of drug-likeness (QED) is 0.737. The van der Waals surface area contributed by atoms with Gasteiger partial charge in [0.1, 0.15) is 0 Å². The van der Waals surface area contributed by atoms with Crippen molar-refractivity contribution in [2.45, 2.75) is 33.2 Å². The maximum absolute atomic E-state index is 12.2. The second-order valence-corrected chi connectivity index (χ2v) is 8.07. The van der Waals surface area contributed by atoms with Crippen LogP contribution in [-0.4, -0.2) is 62.4 Å². The van der Waals surface area contributed by atoms with Gasteiger partial charge in [-0.15, -0.1) is 0 Å². The van der Waals surface area contributed by atoms with E-state index in [1.807, 2.05) is 20.8 Å². The Morgan fingerprint density at radius 2 is 1.74 bits per heavy atom. The van der Waals surface area contributed by atoms with Crippen LogP contribution in [-0.2, 0) is 10.2 Å². The first-order chi connectivity index (χ1) is 8.64. The molecule has 19 heavy (non-hydrogen) atoms. The van der Waals surface area contributed by atoms with Crippen molar-refractivity contribution in [3.05, 3.63) is 0 Å². The Labute approximate surface area is 117 Å². The van der Waals surface area contributed by atoms with Crippen LogP contribution in [0, 0.1) is 5.92 Å². The minimum absolute atomic E-state index is 0.440. The summed E-state index contributed by atoms with van der Waals surface area (Å²) in [6.07, 6.45) is 0. The Morgan fingerprint density at radius 3 is 2.16 bits per heavy atom. The summed E-state index contributed by atoms with van der Waals surface area (Å²) in [5, 5.41) is 0. The molecule has 1 aliphatic rings. The molecule has 1 saturated heterocycles. The van der Waals surface area contributed by atoms with Crippen molar-refractivity contribution in [3.63, 3.8) is 0 Å². The van der Waals surface area contributed by atoms with Gasteiger partial charge in [0, 0.05) is 38.3 Å². The molecule has 1 atom stereocenters. The molecule has 1 unspecified atom stereocenters. The summed E-state index contributed by atoms with van der Waals surface area (Å²) in [6, 6.07) is 0. The summed E-state index contributed by atoms with van der Waals surface area (Å²) in [6.45, 7) is 11.9. The number of nitrogens with two attached hydrogens (primary N) is 1. The standard InChI is InChI=1S/C12H28N4O2S/c1-11(9-13)10-15-5-7-16(8-6-15)19(17,18)14-12(2,3)4/h11,14H,5-10,13H2,1-4H3. The van der Waals surface area contributed by atoms with Gasteiger partial charge >= 0.3 is 0 Å². The molecule has 6 nitrogen and oxygen atoms in total. The Balaban J connectivity index is 2.49. The second-order valence-electron chi connectivity index (χ2n) is 6.40. The van der Waals surface area contributed by atoms with Crippen molar-refractivity contribution in [2.24, 2.45) is 11.7 Å². The van der Waals surface area contributed by atoms with Crippen molar-refractivity contribution < 1.29 is 8.42 Å². The van der Waals surface area contributed by atoms with Crippen LogP contribution in [0.4, 0.5) is 0 Å². The van der Waals surface area contributed by atoms with Crippen molar-refractivity contribution in [2.75, 3.05) is 39.3 Å². The fourth-order valence-electron chi connectivity index (χ4n) is 2.12. The Kier molecular flexibility index (Phi) is 5.76. The molecular weight excluding hydrogens is 264 g/mol. The topological polar surface area (TPSA) is 78.7 Å². The molecule has 0 saturated carbocycles. The average molecular weight is 292 g/mol. The molecule has 0 aromatic heterocycles. The van der Waals surface area contributed by atoms with Gasteiger partial charge in [-0.2, -0.15) is 17.4 Å². The van der Waals surface area contributed by atoms with Crippen molar-refractivity contribution in [1.29, 1.82) is 0 Å². The molecule has 3 N–H and O–H groups in total. The zero-order valence-corrected chi connectivity index (χ0v) is 13.3. The lowest BCUT2D eigenvalue weighted by atomic mass is 10.1. The highest BCUT2D eigenvalue weighted by molar-refractivity contribution is 7.87. The SMILES string of the molecule is CC(CN)CN1CCN(S(=O)(=O)NC(C)(C)C)CC1. The average Bonchev–Trinajstić information content (AvgIpc) is 2.26. The molecule has 1 fully saturated rings. The zero-order valence-electron chi connectivity index (χ0n) is 12.5. The molecule has 0 aliphatic carbocycles. The third-order valence-electron chi connectivity index (χ3n) is 3.08. The molecular formula is C12H28N4O2S. The van der Waals surface area contributed by atoms with Crippen LogP contribution in [0.5, 0.6) is 0 Å². The molecule has 114 valence electrons. The van der Waals surface area contributed by atoms with Crippen LogP contribution in [0.1, 0.15) is 27.7 Å². The first-order valence-corrected chi connectivity index (χ1v) is 8.29. The summed E-state index contributed by atoms with van der Waals surface area (Å²) >= 11 is 0. The molecule has 0 amide bonds. The van der Waals surface area contributed by atoms with Crippen molar-refractivity contribution >= 4 is 10.2 Å². The third-order valence-corrected chi connectivity index (χ3v) is 4.99. The minimum Gasteiger partial charge on any atom is -0.330 e. The molecule has 1 heterocycles. The van der Waals surface area contributed by atoms with Gasteiger partial charge in [0.25, 0.3) is 10.2 Å². The Hall–Kier alpha value is -0.210. The first-order valence-electron chi connectivity index (χ1n) is 6.85. The third kappa shape index (κ3) is 5.74. The lowest BCUT2D eigenvalue weighted by molar-refractivity contribution is 0.168. The van der Waals surface area contributed by atoms with E-state index in [0.717, 1.165) is 19.6 Å². The maximum Gasteiger partial charge on any atom is 0.280 e. The molecule has 1 rings (SSSR count). The predicted octanol–water partition coefficient (Wildman–Crippen LogP) is -0.168. The molecule has 0 aromatic carbocycles. The number of nitrogens with one attached hydrogen (secondary N) is 1. The monoisotopic (exact) mass is 292 g/mol. The Morgan fingerprint density at radius 1 is 1.21 bits per heavy atom. The van der Waals surface area contributed by atoms with E-state index in [1.165, 1.54) is 4.31 Å². The first kappa shape index (κ1) is 16.8. The Bertz CT molecular complexity index is 370. The minimum atomic E-state index is -3.37. The normalized spacial score (nSPS) is 21.5. The van der Waals surface area contributed by atoms with E-state index in [2.05, 4.69) is 16.5 Å². The molecule has 0 radical (unpaired) electrons. The van der Waals surface area contributed by atoms with Gasteiger partial charge in [-0.3, -0.25) is 0 Å². The fourth-order valence-corrected chi connectivity index (χ4v) is 3.67. The largest absolute Gasteiger partial charge is 0.330 e. The van der Waals surface area contributed by atoms with Crippen LogP contribution in [0.2, 0.25) is 0 Å². The van der Waals surface area contributed by atoms with E-state index in [0.29, 0.717) is 25.6 Å². The maximum atomic E-state index is 12.2. The second kappa shape index (κ2) is 6.49. The van der Waals surface area contributed by atoms with E-state index < -0.39 is 15.7 Å². The van der Waals surface area contributed by atoms with E-state index in [9.17, 15) is 8.42 Å². The molecule has 0 spiro atoms. The summed E-state index contributed by atoms with van der Waals surface area (Å²) in [4.78, 5) is 2.28. The lowest BCUT2D eigenvalue weighted by Gasteiger charge is -2.36. The van der Waals surface area contributed by atoms with E-state index in [4.69, 9.17) is 5.73 Å². The van der Waals surface area contributed by atoms with E-state index in [-0.39, 0.29) is 0 Å². The van der Waals surface area contributed by atoms with Crippen LogP contribution < -0.4 is 10.5 Å². The highest BCUT2D eigenvalue weighted by atomic mass is 32.2. The molecule has 7 heteroatoms. The predicted molar refractivity (Wildman–Crippen MR) is 78.0 cm³/mol. The van der Waals surface area contributed by atoms with Crippen molar-refractivity contribution in [3.8, 4) is 0 Å². The van der Waals surface area contributed by atoms with Crippen LogP contribution in [0.15, 0.2) is 0 Å². The fraction of sp³-hybridized carbons (Fsp3) is 1.00. The highest BCUT2D eigenvalue weighted by Gasteiger charge is 2.30. The highest BCUT2D eigenvalue weighted by Crippen LogP contribution is 2.11. The number of hydrogen-bond acceptors (Lipinski definition) is 4. The number of piperazine rings is 1. The summed E-state index contributed by atoms with van der Waals surface area (Å²) in [5.74, 6) is 0.454. The van der Waals surface area contributed by atoms with Crippen LogP contribution >= 0.6 is 0 Å². The smallest absolute Gasteiger partial charge is 0.280 e. The van der Waals surface area contributed by atoms with E-state index >= 15 is 0 Å².